The molecule has 8 bridgehead atoms. The number of fused-ring (bicyclic) bond motifs is 8. The Morgan fingerprint density at radius 2 is 1.41 bits per heavy atom. The van der Waals surface area contributed by atoms with Crippen LogP contribution in [0.4, 0.5) is 0 Å². The number of ether oxygens (including phenoxy) is 2. The molecule has 0 aliphatic carbocycles. The van der Waals surface area contributed by atoms with Crippen LogP contribution in [0.25, 0.3) is 33.3 Å². The van der Waals surface area contributed by atoms with Gasteiger partial charge in [-0.1, -0.05) is 119 Å². The Bertz CT molecular complexity index is 2360. The molecule has 6 heterocycles. The molecule has 10 nitrogen and oxygen atoms in total. The second-order valence-electron chi connectivity index (χ2n) is 19.2. The van der Waals surface area contributed by atoms with Crippen LogP contribution in [0.3, 0.4) is 0 Å². The van der Waals surface area contributed by atoms with Crippen molar-refractivity contribution < 1.29 is 28.7 Å². The third kappa shape index (κ3) is 10.8. The highest BCUT2D eigenvalue weighted by molar-refractivity contribution is 6.19. The third-order valence-electron chi connectivity index (χ3n) is 13.9. The van der Waals surface area contributed by atoms with Gasteiger partial charge in [-0.05, 0) is 91.7 Å². The lowest BCUT2D eigenvalue weighted by atomic mass is 9.85. The zero-order chi connectivity index (χ0) is 45.5. The number of aryl methyl sites for hydroxylation is 1. The SMILES string of the molecule is C=CC1=C(C)c2cc3[nH]c(c4c5[nH]c(cc6nc(cc1n2)C(C=O)=C6CC)c(C)c5C(=O)OC4=O)[C@@H](CCC(=O)OCCC(C)CCCC(C)CCCC(C)CCCC(C)C)[C@@H]3C. The van der Waals surface area contributed by atoms with Gasteiger partial charge in [0.15, 0.2) is 6.29 Å². The number of nitrogens with zero attached hydrogens (tertiary/aromatic N) is 2. The minimum absolute atomic E-state index is 0.156. The van der Waals surface area contributed by atoms with E-state index in [1.165, 1.54) is 51.4 Å². The largest absolute Gasteiger partial charge is 0.466 e. The average Bonchev–Trinajstić information content (AvgIpc) is 3.93. The number of cyclic esters (lactones) is 2. The van der Waals surface area contributed by atoms with E-state index in [-0.39, 0.29) is 35.4 Å². The molecule has 2 aromatic heterocycles. The van der Waals surface area contributed by atoms with E-state index in [0.29, 0.717) is 76.0 Å². The summed E-state index contributed by atoms with van der Waals surface area (Å²) in [5.74, 6) is 0.555. The highest BCUT2D eigenvalue weighted by Gasteiger charge is 2.38. The van der Waals surface area contributed by atoms with Gasteiger partial charge in [-0.15, -0.1) is 0 Å². The monoisotopic (exact) mass is 859 g/mol. The standard InChI is InChI=1S/C53H70N4O6/c1-11-37-34(8)41-26-42-35(9)39(22-23-47(59)62-25-24-33(7)21-15-20-32(6)19-14-18-31(5)17-13-16-30(3)4)50(56-42)49-51-48(52(60)63-53(49)61)36(10)43(57-51)27-45-38(12-2)40(29-58)46(55-45)28-44(37)54-41/h11,26-33,35,39,56-57H,1,12-25H2,2-10H3/t31?,32?,33?,35-,39-/m0/s1. The van der Waals surface area contributed by atoms with Gasteiger partial charge in [-0.25, -0.2) is 19.6 Å². The molecule has 2 aromatic rings. The van der Waals surface area contributed by atoms with Crippen molar-refractivity contribution in [2.45, 2.75) is 158 Å². The topological polar surface area (TPSA) is 144 Å². The fraction of sp³-hybridized carbons (Fsp3) is 0.547. The van der Waals surface area contributed by atoms with E-state index in [1.807, 2.05) is 32.0 Å². The molecule has 6 rings (SSSR count). The number of nitrogens with one attached hydrogen (secondary N) is 2. The highest BCUT2D eigenvalue weighted by Crippen LogP contribution is 2.44. The number of hydrogen-bond donors (Lipinski definition) is 2. The fourth-order valence-electron chi connectivity index (χ4n) is 9.84. The van der Waals surface area contributed by atoms with E-state index in [0.717, 1.165) is 59.3 Å². The lowest BCUT2D eigenvalue weighted by molar-refractivity contribution is -0.144. The maximum atomic E-state index is 13.9. The molecule has 2 N–H and O–H groups in total. The summed E-state index contributed by atoms with van der Waals surface area (Å²) in [6.07, 6.45) is 16.0. The van der Waals surface area contributed by atoms with Crippen molar-refractivity contribution in [3.63, 3.8) is 0 Å². The zero-order valence-electron chi connectivity index (χ0n) is 39.3. The van der Waals surface area contributed by atoms with Crippen molar-refractivity contribution >= 4 is 57.5 Å². The van der Waals surface area contributed by atoms with Crippen molar-refractivity contribution in [2.75, 3.05) is 6.61 Å². The summed E-state index contributed by atoms with van der Waals surface area (Å²) in [5, 5.41) is 0. The van der Waals surface area contributed by atoms with Crippen LogP contribution in [0, 0.1) is 30.6 Å². The predicted octanol–water partition coefficient (Wildman–Crippen LogP) is 13.0. The summed E-state index contributed by atoms with van der Waals surface area (Å²) in [6.45, 7) is 23.9. The van der Waals surface area contributed by atoms with E-state index in [1.54, 1.807) is 13.0 Å². The van der Waals surface area contributed by atoms with Gasteiger partial charge in [-0.2, -0.15) is 0 Å². The summed E-state index contributed by atoms with van der Waals surface area (Å²) in [5.41, 5.74) is 8.74. The molecule has 0 fully saturated rings. The summed E-state index contributed by atoms with van der Waals surface area (Å²) in [6, 6.07) is 5.61. The molecule has 0 aromatic carbocycles. The van der Waals surface area contributed by atoms with Crippen LogP contribution < -0.4 is 0 Å². The maximum absolute atomic E-state index is 13.9. The molecule has 4 aliphatic rings. The first-order chi connectivity index (χ1) is 30.1. The number of hydrogen-bond acceptors (Lipinski definition) is 8. The molecule has 338 valence electrons. The van der Waals surface area contributed by atoms with Crippen LogP contribution in [-0.2, 0) is 19.1 Å². The molecule has 0 spiro atoms. The highest BCUT2D eigenvalue weighted by atomic mass is 16.6. The summed E-state index contributed by atoms with van der Waals surface area (Å²) >= 11 is 0. The first-order valence-electron chi connectivity index (χ1n) is 23.7. The molecule has 0 radical (unpaired) electrons. The Morgan fingerprint density at radius 1 is 0.810 bits per heavy atom. The number of aromatic nitrogens is 4. The van der Waals surface area contributed by atoms with Gasteiger partial charge in [0.05, 0.1) is 40.5 Å². The van der Waals surface area contributed by atoms with Crippen molar-refractivity contribution in [3.05, 3.63) is 81.7 Å². The number of H-pyrrole nitrogens is 2. The van der Waals surface area contributed by atoms with Gasteiger partial charge in [0.25, 0.3) is 0 Å². The quantitative estimate of drug-likeness (QED) is 0.0717. The van der Waals surface area contributed by atoms with Crippen molar-refractivity contribution in [1.29, 1.82) is 0 Å². The summed E-state index contributed by atoms with van der Waals surface area (Å²) in [4.78, 5) is 69.9. The molecule has 0 saturated heterocycles. The minimum Gasteiger partial charge on any atom is -0.466 e. The molecule has 10 heteroatoms. The Balaban J connectivity index is 1.19. The van der Waals surface area contributed by atoms with Gasteiger partial charge < -0.3 is 19.4 Å². The van der Waals surface area contributed by atoms with Crippen LogP contribution in [0.2, 0.25) is 0 Å². The van der Waals surface area contributed by atoms with Crippen LogP contribution in [0.5, 0.6) is 0 Å². The van der Waals surface area contributed by atoms with Gasteiger partial charge >= 0.3 is 17.9 Å². The lowest BCUT2D eigenvalue weighted by Gasteiger charge is -2.19. The molecule has 4 aliphatic heterocycles. The minimum atomic E-state index is -0.768. The number of carbonyl (C=O) groups is 4. The number of esters is 3. The second kappa shape index (κ2) is 21.0. The first-order valence-corrected chi connectivity index (χ1v) is 23.7. The normalized spacial score (nSPS) is 18.1. The van der Waals surface area contributed by atoms with Gasteiger partial charge in [0.1, 0.15) is 5.56 Å². The van der Waals surface area contributed by atoms with Crippen LogP contribution in [0.15, 0.2) is 30.9 Å². The van der Waals surface area contributed by atoms with Crippen LogP contribution in [-0.4, -0.2) is 50.7 Å². The number of allylic oxidation sites excluding steroid dienone is 5. The first kappa shape index (κ1) is 47.4. The van der Waals surface area contributed by atoms with Gasteiger partial charge in [-0.3, -0.25) is 9.59 Å². The van der Waals surface area contributed by atoms with E-state index in [2.05, 4.69) is 58.1 Å². The number of aldehydes is 1. The average molecular weight is 859 g/mol. The number of carbonyl (C=O) groups excluding carboxylic acids is 4. The molecular formula is C53H70N4O6. The van der Waals surface area contributed by atoms with Gasteiger partial charge in [0, 0.05) is 46.3 Å². The van der Waals surface area contributed by atoms with E-state index in [9.17, 15) is 19.2 Å². The molecule has 63 heavy (non-hydrogen) atoms. The number of rotatable bonds is 21. The summed E-state index contributed by atoms with van der Waals surface area (Å²) < 4.78 is 11.2. The van der Waals surface area contributed by atoms with Crippen LogP contribution >= 0.6 is 0 Å². The van der Waals surface area contributed by atoms with Crippen LogP contribution in [0.1, 0.15) is 211 Å². The third-order valence-corrected chi connectivity index (χ3v) is 13.9. The molecule has 3 unspecified atom stereocenters. The summed E-state index contributed by atoms with van der Waals surface area (Å²) in [7, 11) is 0. The van der Waals surface area contributed by atoms with Crippen molar-refractivity contribution in [1.82, 2.24) is 19.9 Å². The molecule has 0 saturated carbocycles. The molecule has 0 amide bonds. The smallest absolute Gasteiger partial charge is 0.349 e. The van der Waals surface area contributed by atoms with E-state index in [4.69, 9.17) is 19.4 Å². The van der Waals surface area contributed by atoms with Gasteiger partial charge in [0.2, 0.25) is 0 Å². The fourth-order valence-corrected chi connectivity index (χ4v) is 9.84. The number of aromatic amines is 2. The maximum Gasteiger partial charge on any atom is 0.349 e. The lowest BCUT2D eigenvalue weighted by Crippen LogP contribution is -2.22. The molecular weight excluding hydrogens is 789 g/mol. The van der Waals surface area contributed by atoms with Crippen molar-refractivity contribution in [2.24, 2.45) is 23.7 Å². The van der Waals surface area contributed by atoms with E-state index >= 15 is 0 Å². The second-order valence-corrected chi connectivity index (χ2v) is 19.2. The Labute approximate surface area is 374 Å². The molecule has 5 atom stereocenters. The Kier molecular flexibility index (Phi) is 15.8. The predicted molar refractivity (Wildman–Crippen MR) is 252 cm³/mol. The van der Waals surface area contributed by atoms with Crippen molar-refractivity contribution in [3.8, 4) is 0 Å². The zero-order valence-corrected chi connectivity index (χ0v) is 39.3. The Morgan fingerprint density at radius 3 is 2.03 bits per heavy atom. The Hall–Kier alpha value is -5.12. The van der Waals surface area contributed by atoms with E-state index < -0.39 is 11.9 Å².